The number of benzene rings is 2. The van der Waals surface area contributed by atoms with Crippen LogP contribution < -0.4 is 14.8 Å². The van der Waals surface area contributed by atoms with Crippen LogP contribution in [0.15, 0.2) is 72.8 Å². The molecule has 1 N–H and O–H groups in total. The van der Waals surface area contributed by atoms with E-state index in [1.807, 2.05) is 48.5 Å². The Balaban J connectivity index is 1.87. The molecule has 11 nitrogen and oxygen atoms in total. The summed E-state index contributed by atoms with van der Waals surface area (Å²) in [6, 6.07) is 15.4. The van der Waals surface area contributed by atoms with Gasteiger partial charge in [-0.1, -0.05) is 99.7 Å². The molecule has 11 heteroatoms. The third kappa shape index (κ3) is 19.3. The minimum Gasteiger partial charge on any atom is -0.490 e. The molecule has 57 heavy (non-hydrogen) atoms. The summed E-state index contributed by atoms with van der Waals surface area (Å²) in [5.41, 5.74) is 2.57. The Morgan fingerprint density at radius 3 is 1.47 bits per heavy atom. The summed E-state index contributed by atoms with van der Waals surface area (Å²) in [6.07, 6.45) is -0.138. The zero-order chi connectivity index (χ0) is 43.0. The Bertz CT molecular complexity index is 1630. The first-order chi connectivity index (χ1) is 26.4. The van der Waals surface area contributed by atoms with Gasteiger partial charge in [0, 0.05) is 24.1 Å². The molecule has 0 spiro atoms. The number of hydrogen-bond donors (Lipinski definition) is 1. The highest BCUT2D eigenvalue weighted by atomic mass is 16.6. The largest absolute Gasteiger partial charge is 0.490 e. The van der Waals surface area contributed by atoms with E-state index >= 15 is 0 Å². The van der Waals surface area contributed by atoms with Gasteiger partial charge in [0.05, 0.1) is 0 Å². The zero-order valence-corrected chi connectivity index (χ0v) is 36.2. The molecule has 0 aliphatic carbocycles. The van der Waals surface area contributed by atoms with Gasteiger partial charge in [0.1, 0.15) is 37.9 Å². The van der Waals surface area contributed by atoms with E-state index in [0.717, 1.165) is 17.5 Å². The van der Waals surface area contributed by atoms with E-state index in [-0.39, 0.29) is 66.2 Å². The highest BCUT2D eigenvalue weighted by Gasteiger charge is 2.26. The van der Waals surface area contributed by atoms with Gasteiger partial charge in [-0.05, 0) is 90.7 Å². The van der Waals surface area contributed by atoms with Crippen molar-refractivity contribution in [2.75, 3.05) is 33.0 Å². The quantitative estimate of drug-likeness (QED) is 0.0698. The van der Waals surface area contributed by atoms with Crippen molar-refractivity contribution in [2.45, 2.75) is 125 Å². The third-order valence-corrected chi connectivity index (χ3v) is 9.20. The molecule has 0 fully saturated rings. The summed E-state index contributed by atoms with van der Waals surface area (Å²) in [5.74, 6) is -0.154. The predicted molar refractivity (Wildman–Crippen MR) is 222 cm³/mol. The van der Waals surface area contributed by atoms with Crippen molar-refractivity contribution in [3.05, 3.63) is 84.0 Å². The molecule has 0 radical (unpaired) electrons. The summed E-state index contributed by atoms with van der Waals surface area (Å²) >= 11 is 0. The minimum atomic E-state index is -0.851. The molecule has 316 valence electrons. The molecule has 2 aromatic rings. The monoisotopic (exact) mass is 793 g/mol. The second kappa shape index (κ2) is 22.2. The second-order valence-corrected chi connectivity index (χ2v) is 17.8. The Morgan fingerprint density at radius 1 is 0.649 bits per heavy atom. The molecule has 0 aliphatic heterocycles. The topological polar surface area (TPSA) is 136 Å². The fraction of sp³-hybridized carbons (Fsp3) is 0.565. The smallest absolute Gasteiger partial charge is 0.407 e. The normalized spacial score (nSPS) is 13.3. The molecule has 0 bridgehead atoms. The Morgan fingerprint density at radius 2 is 1.07 bits per heavy atom. The van der Waals surface area contributed by atoms with Crippen LogP contribution in [0.3, 0.4) is 0 Å². The molecule has 3 atom stereocenters. The van der Waals surface area contributed by atoms with Gasteiger partial charge in [0.25, 0.3) is 0 Å². The van der Waals surface area contributed by atoms with Gasteiger partial charge >= 0.3 is 24.0 Å². The standard InChI is InChI=1S/C46H67NO10/c1-31(2)41(49)54-29-38(27-52-36-18-14-34(15-19-36)44(6,7)8)56-40(48)22-24-46(12,13)26-33(5)23-25-47-43(51)57-39(30-55-42(50)32(3)4)28-53-37-20-16-35(17-21-37)45(9,10)11/h14-21,33,38-39H,1,3,22-30H2,2,4-13H3,(H,47,51). The van der Waals surface area contributed by atoms with Crippen LogP contribution in [0.2, 0.25) is 0 Å². The third-order valence-electron chi connectivity index (χ3n) is 9.20. The SMILES string of the molecule is C=C(C)C(=O)OCC(COc1ccc(C(C)(C)C)cc1)OC(=O)CCC(C)(C)CC(C)CCNC(=O)OC(COC(=O)C(=C)C)COc1ccc(C(C)(C)C)cc1. The molecule has 0 aliphatic rings. The predicted octanol–water partition coefficient (Wildman–Crippen LogP) is 9.21. The van der Waals surface area contributed by atoms with Crippen molar-refractivity contribution < 1.29 is 47.6 Å². The molecule has 0 aromatic heterocycles. The molecule has 3 unspecified atom stereocenters. The second-order valence-electron chi connectivity index (χ2n) is 17.8. The fourth-order valence-electron chi connectivity index (χ4n) is 5.74. The van der Waals surface area contributed by atoms with Gasteiger partial charge in [-0.2, -0.15) is 0 Å². The maximum absolute atomic E-state index is 13.0. The van der Waals surface area contributed by atoms with Crippen LogP contribution in [0, 0.1) is 11.3 Å². The molecule has 2 rings (SSSR count). The summed E-state index contributed by atoms with van der Waals surface area (Å²) in [5, 5.41) is 2.79. The number of carbonyl (C=O) groups is 4. The average molecular weight is 794 g/mol. The number of rotatable bonds is 22. The van der Waals surface area contributed by atoms with Crippen LogP contribution in [0.5, 0.6) is 11.5 Å². The zero-order valence-electron chi connectivity index (χ0n) is 36.2. The first-order valence-electron chi connectivity index (χ1n) is 19.7. The lowest BCUT2D eigenvalue weighted by atomic mass is 9.79. The number of nitrogens with one attached hydrogen (secondary N) is 1. The average Bonchev–Trinajstić information content (AvgIpc) is 3.12. The number of hydrogen-bond acceptors (Lipinski definition) is 10. The van der Waals surface area contributed by atoms with Crippen molar-refractivity contribution in [3.63, 3.8) is 0 Å². The number of alkyl carbamates (subject to hydrolysis) is 1. The van der Waals surface area contributed by atoms with Crippen LogP contribution in [0.1, 0.15) is 113 Å². The fourth-order valence-corrected chi connectivity index (χ4v) is 5.74. The van der Waals surface area contributed by atoms with Gasteiger partial charge in [-0.3, -0.25) is 4.79 Å². The number of esters is 3. The lowest BCUT2D eigenvalue weighted by Crippen LogP contribution is -2.36. The highest BCUT2D eigenvalue weighted by Crippen LogP contribution is 2.32. The van der Waals surface area contributed by atoms with E-state index in [1.165, 1.54) is 0 Å². The minimum absolute atomic E-state index is 0.00426. The first kappa shape index (κ1) is 48.3. The summed E-state index contributed by atoms with van der Waals surface area (Å²) < 4.78 is 33.7. The Hall–Kier alpha value is -4.80. The Labute approximate surface area is 340 Å². The van der Waals surface area contributed by atoms with Crippen LogP contribution >= 0.6 is 0 Å². The summed E-state index contributed by atoms with van der Waals surface area (Å²) in [4.78, 5) is 49.9. The van der Waals surface area contributed by atoms with E-state index < -0.39 is 36.2 Å². The maximum Gasteiger partial charge on any atom is 0.407 e. The highest BCUT2D eigenvalue weighted by molar-refractivity contribution is 5.87. The molecule has 0 saturated carbocycles. The number of ether oxygens (including phenoxy) is 6. The van der Waals surface area contributed by atoms with E-state index in [2.05, 4.69) is 80.8 Å². The van der Waals surface area contributed by atoms with Gasteiger partial charge in [-0.25, -0.2) is 14.4 Å². The van der Waals surface area contributed by atoms with E-state index in [4.69, 9.17) is 28.4 Å². The van der Waals surface area contributed by atoms with Crippen LogP contribution in [-0.4, -0.2) is 69.2 Å². The van der Waals surface area contributed by atoms with Gasteiger partial charge in [0.15, 0.2) is 12.2 Å². The Kier molecular flexibility index (Phi) is 18.8. The van der Waals surface area contributed by atoms with Crippen molar-refractivity contribution in [3.8, 4) is 11.5 Å². The molecular formula is C46H67NO10. The van der Waals surface area contributed by atoms with Crippen molar-refractivity contribution in [1.82, 2.24) is 5.32 Å². The van der Waals surface area contributed by atoms with Crippen LogP contribution in [0.4, 0.5) is 4.79 Å². The van der Waals surface area contributed by atoms with Crippen LogP contribution in [-0.2, 0) is 44.2 Å². The molecule has 1 amide bonds. The lowest BCUT2D eigenvalue weighted by Gasteiger charge is -2.28. The van der Waals surface area contributed by atoms with E-state index in [1.54, 1.807) is 13.8 Å². The van der Waals surface area contributed by atoms with E-state index in [9.17, 15) is 19.2 Å². The summed E-state index contributed by atoms with van der Waals surface area (Å²) in [6.45, 7) is 29.3. The first-order valence-corrected chi connectivity index (χ1v) is 19.7. The van der Waals surface area contributed by atoms with Gasteiger partial charge in [0.2, 0.25) is 0 Å². The maximum atomic E-state index is 13.0. The molecule has 2 aromatic carbocycles. The van der Waals surface area contributed by atoms with Crippen molar-refractivity contribution in [1.29, 1.82) is 0 Å². The molecule has 0 saturated heterocycles. The lowest BCUT2D eigenvalue weighted by molar-refractivity contribution is -0.159. The van der Waals surface area contributed by atoms with Gasteiger partial charge < -0.3 is 33.7 Å². The van der Waals surface area contributed by atoms with Crippen molar-refractivity contribution in [2.24, 2.45) is 11.3 Å². The number of carbonyl (C=O) groups excluding carboxylic acids is 4. The van der Waals surface area contributed by atoms with Gasteiger partial charge in [-0.15, -0.1) is 0 Å². The van der Waals surface area contributed by atoms with E-state index in [0.29, 0.717) is 30.9 Å². The summed E-state index contributed by atoms with van der Waals surface area (Å²) in [7, 11) is 0. The molecule has 0 heterocycles. The van der Waals surface area contributed by atoms with Crippen molar-refractivity contribution >= 4 is 24.0 Å². The van der Waals surface area contributed by atoms with Crippen LogP contribution in [0.25, 0.3) is 0 Å². The number of amides is 1. The molecular weight excluding hydrogens is 727 g/mol.